The number of hydrogen-bond acceptors (Lipinski definition) is 6. The molecule has 12 heteroatoms. The Morgan fingerprint density at radius 2 is 1.69 bits per heavy atom. The summed E-state index contributed by atoms with van der Waals surface area (Å²) in [5.41, 5.74) is 0.714. The quantitative estimate of drug-likeness (QED) is 0.236. The van der Waals surface area contributed by atoms with E-state index >= 15 is 0 Å². The summed E-state index contributed by atoms with van der Waals surface area (Å²) in [6.45, 7) is 2.15. The average molecular weight is 592 g/mol. The van der Waals surface area contributed by atoms with Crippen LogP contribution in [0.4, 0.5) is 10.1 Å². The molecule has 0 saturated carbocycles. The first-order chi connectivity index (χ1) is 20.2. The predicted molar refractivity (Wildman–Crippen MR) is 158 cm³/mol. The van der Waals surface area contributed by atoms with Crippen LogP contribution < -0.4 is 20.7 Å². The molecular weight excluding hydrogens is 561 g/mol. The van der Waals surface area contributed by atoms with Gasteiger partial charge < -0.3 is 9.72 Å². The summed E-state index contributed by atoms with van der Waals surface area (Å²) in [5, 5.41) is 0. The van der Waals surface area contributed by atoms with Crippen molar-refractivity contribution >= 4 is 26.9 Å². The minimum absolute atomic E-state index is 0.101. The molecule has 0 saturated heterocycles. The topological polar surface area (TPSA) is 128 Å². The normalized spacial score (nSPS) is 11.6. The van der Waals surface area contributed by atoms with Crippen molar-refractivity contribution in [2.75, 3.05) is 11.8 Å². The molecule has 2 N–H and O–H groups in total. The van der Waals surface area contributed by atoms with Crippen LogP contribution in [0.3, 0.4) is 0 Å². The summed E-state index contributed by atoms with van der Waals surface area (Å²) < 4.78 is 50.0. The Bertz CT molecular complexity index is 1950. The standard InChI is InChI=1S/C30H30FN5O5S/c1-3-4-17-35-28-27(29(37)36(30(35)38)19-21-7-5-6-8-25(21)31)32-26(33-28)18-20-9-11-22(12-10-20)34-42(39,40)24-15-13-23(41-2)14-16-24/h5-16,34H,3-4,17-19H2,1-2H3,(H,32,33). The summed E-state index contributed by atoms with van der Waals surface area (Å²) in [7, 11) is -2.29. The largest absolute Gasteiger partial charge is 0.497 e. The number of halogens is 1. The van der Waals surface area contributed by atoms with Crippen molar-refractivity contribution in [3.05, 3.63) is 116 Å². The Balaban J connectivity index is 1.41. The molecule has 0 atom stereocenters. The lowest BCUT2D eigenvalue weighted by Crippen LogP contribution is -2.40. The maximum absolute atomic E-state index is 14.3. The third-order valence-electron chi connectivity index (χ3n) is 6.88. The summed E-state index contributed by atoms with van der Waals surface area (Å²) in [4.78, 5) is 34.5. The van der Waals surface area contributed by atoms with Crippen molar-refractivity contribution in [2.45, 2.75) is 44.2 Å². The molecule has 2 aromatic heterocycles. The highest BCUT2D eigenvalue weighted by Crippen LogP contribution is 2.20. The van der Waals surface area contributed by atoms with Gasteiger partial charge in [0.15, 0.2) is 5.65 Å². The number of anilines is 1. The van der Waals surface area contributed by atoms with Crippen LogP contribution in [-0.4, -0.2) is 34.6 Å². The number of rotatable bonds is 11. The SMILES string of the molecule is CCCCn1c(=O)n(Cc2ccccc2F)c(=O)c2[nH]c(Cc3ccc(NS(=O)(=O)c4ccc(OC)cc4)cc3)nc21. The van der Waals surface area contributed by atoms with Gasteiger partial charge in [-0.1, -0.05) is 43.7 Å². The van der Waals surface area contributed by atoms with Crippen molar-refractivity contribution in [3.63, 3.8) is 0 Å². The van der Waals surface area contributed by atoms with Crippen LogP contribution in [0.5, 0.6) is 5.75 Å². The molecule has 3 aromatic carbocycles. The number of H-pyrrole nitrogens is 1. The number of nitrogens with zero attached hydrogens (tertiary/aromatic N) is 3. The average Bonchev–Trinajstić information content (AvgIpc) is 3.40. The van der Waals surface area contributed by atoms with Gasteiger partial charge in [0.05, 0.1) is 18.6 Å². The van der Waals surface area contributed by atoms with Gasteiger partial charge in [0.2, 0.25) is 0 Å². The van der Waals surface area contributed by atoms with Crippen molar-refractivity contribution in [1.29, 1.82) is 0 Å². The van der Waals surface area contributed by atoms with E-state index in [2.05, 4.69) is 14.7 Å². The van der Waals surface area contributed by atoms with Crippen LogP contribution >= 0.6 is 0 Å². The van der Waals surface area contributed by atoms with E-state index in [4.69, 9.17) is 4.74 Å². The van der Waals surface area contributed by atoms with Crippen molar-refractivity contribution < 1.29 is 17.5 Å². The van der Waals surface area contributed by atoms with E-state index < -0.39 is 27.1 Å². The Hall–Kier alpha value is -4.71. The van der Waals surface area contributed by atoms with Crippen molar-refractivity contribution in [1.82, 2.24) is 19.1 Å². The highest BCUT2D eigenvalue weighted by molar-refractivity contribution is 7.92. The van der Waals surface area contributed by atoms with E-state index in [1.54, 1.807) is 54.6 Å². The van der Waals surface area contributed by atoms with Crippen LogP contribution in [0.2, 0.25) is 0 Å². The van der Waals surface area contributed by atoms with Gasteiger partial charge in [0, 0.05) is 24.2 Å². The molecule has 0 bridgehead atoms. The number of ether oxygens (including phenoxy) is 1. The number of fused-ring (bicyclic) bond motifs is 1. The molecule has 42 heavy (non-hydrogen) atoms. The van der Waals surface area contributed by atoms with Crippen molar-refractivity contribution in [3.8, 4) is 5.75 Å². The zero-order valence-electron chi connectivity index (χ0n) is 23.1. The van der Waals surface area contributed by atoms with E-state index in [1.807, 2.05) is 6.92 Å². The summed E-state index contributed by atoms with van der Waals surface area (Å²) in [6.07, 6.45) is 1.82. The van der Waals surface area contributed by atoms with Gasteiger partial charge in [-0.05, 0) is 54.4 Å². The molecule has 218 valence electrons. The zero-order chi connectivity index (χ0) is 29.9. The van der Waals surface area contributed by atoms with E-state index in [-0.39, 0.29) is 28.2 Å². The molecule has 2 heterocycles. The van der Waals surface area contributed by atoms with Gasteiger partial charge in [-0.25, -0.2) is 22.6 Å². The monoisotopic (exact) mass is 591 g/mol. The van der Waals surface area contributed by atoms with Gasteiger partial charge in [-0.3, -0.25) is 18.7 Å². The second kappa shape index (κ2) is 12.0. The lowest BCUT2D eigenvalue weighted by molar-refractivity contribution is 0.414. The molecule has 0 amide bonds. The number of benzene rings is 3. The van der Waals surface area contributed by atoms with Gasteiger partial charge in [-0.15, -0.1) is 0 Å². The van der Waals surface area contributed by atoms with E-state index in [1.165, 1.54) is 29.9 Å². The lowest BCUT2D eigenvalue weighted by Gasteiger charge is -2.11. The highest BCUT2D eigenvalue weighted by atomic mass is 32.2. The Kier molecular flexibility index (Phi) is 8.25. The molecule has 0 unspecified atom stereocenters. The molecular formula is C30H30FN5O5S. The minimum Gasteiger partial charge on any atom is -0.497 e. The Morgan fingerprint density at radius 3 is 2.36 bits per heavy atom. The molecule has 0 fully saturated rings. The van der Waals surface area contributed by atoms with Crippen LogP contribution in [0.25, 0.3) is 11.2 Å². The first-order valence-electron chi connectivity index (χ1n) is 13.4. The van der Waals surface area contributed by atoms with Gasteiger partial charge >= 0.3 is 5.69 Å². The summed E-state index contributed by atoms with van der Waals surface area (Å²) >= 11 is 0. The molecule has 10 nitrogen and oxygen atoms in total. The smallest absolute Gasteiger partial charge is 0.333 e. The Labute approximate surface area is 241 Å². The highest BCUT2D eigenvalue weighted by Gasteiger charge is 2.19. The molecule has 0 radical (unpaired) electrons. The molecule has 0 aliphatic rings. The summed E-state index contributed by atoms with van der Waals surface area (Å²) in [5.74, 6) is 0.515. The number of aromatic amines is 1. The van der Waals surface area contributed by atoms with Gasteiger partial charge in [0.25, 0.3) is 15.6 Å². The number of sulfonamides is 1. The fraction of sp³-hybridized carbons (Fsp3) is 0.233. The van der Waals surface area contributed by atoms with Crippen LogP contribution in [-0.2, 0) is 29.5 Å². The first-order valence-corrected chi connectivity index (χ1v) is 14.9. The zero-order valence-corrected chi connectivity index (χ0v) is 23.9. The van der Waals surface area contributed by atoms with E-state index in [0.29, 0.717) is 36.6 Å². The van der Waals surface area contributed by atoms with Crippen LogP contribution in [0.15, 0.2) is 87.3 Å². The van der Waals surface area contributed by atoms with Crippen molar-refractivity contribution in [2.24, 2.45) is 0 Å². The van der Waals surface area contributed by atoms with Crippen LogP contribution in [0, 0.1) is 5.82 Å². The number of imidazole rings is 1. The van der Waals surface area contributed by atoms with Crippen LogP contribution in [0.1, 0.15) is 36.7 Å². The minimum atomic E-state index is -3.80. The second-order valence-electron chi connectivity index (χ2n) is 9.81. The maximum atomic E-state index is 14.3. The maximum Gasteiger partial charge on any atom is 0.333 e. The predicted octanol–water partition coefficient (Wildman–Crippen LogP) is 4.27. The molecule has 0 spiro atoms. The third-order valence-corrected chi connectivity index (χ3v) is 8.28. The third kappa shape index (κ3) is 5.98. The molecule has 5 rings (SSSR count). The number of unbranched alkanes of at least 4 members (excludes halogenated alkanes) is 1. The van der Waals surface area contributed by atoms with Gasteiger partial charge in [0.1, 0.15) is 22.9 Å². The fourth-order valence-corrected chi connectivity index (χ4v) is 5.66. The first kappa shape index (κ1) is 28.8. The second-order valence-corrected chi connectivity index (χ2v) is 11.5. The number of aryl methyl sites for hydroxylation is 1. The van der Waals surface area contributed by atoms with Gasteiger partial charge in [-0.2, -0.15) is 0 Å². The molecule has 0 aliphatic carbocycles. The lowest BCUT2D eigenvalue weighted by atomic mass is 10.1. The number of methoxy groups -OCH3 is 1. The summed E-state index contributed by atoms with van der Waals surface area (Å²) in [6, 6.07) is 18.9. The van der Waals surface area contributed by atoms with E-state index in [0.717, 1.165) is 16.6 Å². The number of nitrogens with one attached hydrogen (secondary N) is 2. The molecule has 0 aliphatic heterocycles. The number of aromatic nitrogens is 4. The van der Waals surface area contributed by atoms with E-state index in [9.17, 15) is 22.4 Å². The molecule has 5 aromatic rings. The number of hydrogen-bond donors (Lipinski definition) is 2. The fourth-order valence-electron chi connectivity index (χ4n) is 4.61. The Morgan fingerprint density at radius 1 is 0.976 bits per heavy atom.